The summed E-state index contributed by atoms with van der Waals surface area (Å²) in [5.74, 6) is 2.21. The van der Waals surface area contributed by atoms with E-state index >= 15 is 0 Å². The summed E-state index contributed by atoms with van der Waals surface area (Å²) in [7, 11) is 0. The van der Waals surface area contributed by atoms with Gasteiger partial charge in [-0.1, -0.05) is 0 Å². The molecule has 3 heterocycles. The Kier molecular flexibility index (Phi) is 8.99. The van der Waals surface area contributed by atoms with Crippen LogP contribution in [0, 0.1) is 11.8 Å². The molecule has 29 heavy (non-hydrogen) atoms. The molecule has 1 unspecified atom stereocenters. The van der Waals surface area contributed by atoms with E-state index < -0.39 is 0 Å². The smallest absolute Gasteiger partial charge is 0.225 e. The van der Waals surface area contributed by atoms with Crippen LogP contribution in [0.15, 0.2) is 18.3 Å². The zero-order valence-corrected chi connectivity index (χ0v) is 18.3. The van der Waals surface area contributed by atoms with Crippen molar-refractivity contribution >= 4 is 48.1 Å². The van der Waals surface area contributed by atoms with E-state index in [1.54, 1.807) is 6.20 Å². The van der Waals surface area contributed by atoms with E-state index in [2.05, 4.69) is 20.5 Å². The molecule has 2 amide bonds. The molecular weight excluding hydrogens is 413 g/mol. The number of carbonyl (C=O) groups excluding carboxylic acids is 2. The van der Waals surface area contributed by atoms with Crippen LogP contribution in [-0.2, 0) is 9.59 Å². The fourth-order valence-electron chi connectivity index (χ4n) is 3.91. The van der Waals surface area contributed by atoms with Crippen molar-refractivity contribution in [1.82, 2.24) is 15.2 Å². The minimum absolute atomic E-state index is 0. The molecule has 9 heteroatoms. The van der Waals surface area contributed by atoms with Gasteiger partial charge in [-0.15, -0.1) is 24.8 Å². The Morgan fingerprint density at radius 3 is 2.45 bits per heavy atom. The number of halogens is 2. The molecule has 0 aromatic carbocycles. The van der Waals surface area contributed by atoms with Gasteiger partial charge in [0, 0.05) is 38.5 Å². The van der Waals surface area contributed by atoms with E-state index in [0.717, 1.165) is 70.0 Å². The molecule has 2 saturated heterocycles. The molecular formula is C20H31Cl2N5O2. The van der Waals surface area contributed by atoms with Gasteiger partial charge in [-0.05, 0) is 56.8 Å². The highest BCUT2D eigenvalue weighted by Gasteiger charge is 2.34. The van der Waals surface area contributed by atoms with E-state index in [0.29, 0.717) is 24.2 Å². The average Bonchev–Trinajstić information content (AvgIpc) is 3.42. The highest BCUT2D eigenvalue weighted by atomic mass is 35.5. The maximum Gasteiger partial charge on any atom is 0.225 e. The monoisotopic (exact) mass is 443 g/mol. The van der Waals surface area contributed by atoms with Gasteiger partial charge < -0.3 is 20.4 Å². The Labute approximate surface area is 184 Å². The molecule has 7 nitrogen and oxygen atoms in total. The molecule has 2 N–H and O–H groups in total. The first-order valence-electron chi connectivity index (χ1n) is 10.2. The molecule has 1 atom stereocenters. The number of rotatable bonds is 6. The number of carbonyl (C=O) groups is 2. The van der Waals surface area contributed by atoms with Crippen LogP contribution in [0.25, 0.3) is 0 Å². The van der Waals surface area contributed by atoms with Crippen LogP contribution in [0.4, 0.5) is 11.5 Å². The first-order chi connectivity index (χ1) is 13.2. The van der Waals surface area contributed by atoms with Gasteiger partial charge in [-0.25, -0.2) is 4.98 Å². The van der Waals surface area contributed by atoms with Gasteiger partial charge in [0.1, 0.15) is 5.82 Å². The van der Waals surface area contributed by atoms with Crippen LogP contribution in [0.1, 0.15) is 32.1 Å². The van der Waals surface area contributed by atoms with Crippen molar-refractivity contribution in [2.75, 3.05) is 49.5 Å². The normalized spacial score (nSPS) is 21.2. The largest absolute Gasteiger partial charge is 0.353 e. The fraction of sp³-hybridized carbons (Fsp3) is 0.650. The first-order valence-corrected chi connectivity index (χ1v) is 10.2. The van der Waals surface area contributed by atoms with Crippen molar-refractivity contribution in [1.29, 1.82) is 0 Å². The molecule has 3 aliphatic rings. The lowest BCUT2D eigenvalue weighted by Crippen LogP contribution is -2.49. The summed E-state index contributed by atoms with van der Waals surface area (Å²) < 4.78 is 0. The summed E-state index contributed by atoms with van der Waals surface area (Å²) in [5.41, 5.74) is 0.746. The average molecular weight is 444 g/mol. The highest BCUT2D eigenvalue weighted by molar-refractivity contribution is 5.90. The van der Waals surface area contributed by atoms with E-state index in [-0.39, 0.29) is 30.7 Å². The van der Waals surface area contributed by atoms with Gasteiger partial charge in [0.25, 0.3) is 0 Å². The number of anilines is 2. The van der Waals surface area contributed by atoms with Gasteiger partial charge in [0.2, 0.25) is 11.8 Å². The van der Waals surface area contributed by atoms with Crippen LogP contribution in [-0.4, -0.2) is 61.0 Å². The second-order valence-electron chi connectivity index (χ2n) is 7.94. The van der Waals surface area contributed by atoms with E-state index in [1.807, 2.05) is 17.0 Å². The quantitative estimate of drug-likeness (QED) is 0.704. The maximum atomic E-state index is 12.1. The second-order valence-corrected chi connectivity index (χ2v) is 7.94. The molecule has 1 aromatic heterocycles. The topological polar surface area (TPSA) is 77.6 Å². The van der Waals surface area contributed by atoms with Crippen LogP contribution in [0.5, 0.6) is 0 Å². The number of piperazine rings is 1. The number of pyridine rings is 1. The van der Waals surface area contributed by atoms with Gasteiger partial charge in [0.15, 0.2) is 0 Å². The number of hydrogen-bond donors (Lipinski definition) is 2. The predicted octanol–water partition coefficient (Wildman–Crippen LogP) is 2.31. The fourth-order valence-corrected chi connectivity index (χ4v) is 3.91. The van der Waals surface area contributed by atoms with Gasteiger partial charge >= 0.3 is 0 Å². The van der Waals surface area contributed by atoms with Crippen molar-refractivity contribution in [3.63, 3.8) is 0 Å². The predicted molar refractivity (Wildman–Crippen MR) is 119 cm³/mol. The first kappa shape index (κ1) is 23.7. The molecule has 1 aliphatic carbocycles. The molecule has 4 rings (SSSR count). The summed E-state index contributed by atoms with van der Waals surface area (Å²) in [4.78, 5) is 32.9. The SMILES string of the molecule is Cl.Cl.O=C(CCC1CCNC1)Nc1ccc(N2CCN(C(=O)C3CC3)CC2)nc1. The Morgan fingerprint density at radius 1 is 1.10 bits per heavy atom. The van der Waals surface area contributed by atoms with Crippen LogP contribution < -0.4 is 15.5 Å². The Bertz CT molecular complexity index is 670. The number of aromatic nitrogens is 1. The molecule has 0 radical (unpaired) electrons. The highest BCUT2D eigenvalue weighted by Crippen LogP contribution is 2.31. The third-order valence-electron chi connectivity index (χ3n) is 5.82. The van der Waals surface area contributed by atoms with Crippen LogP contribution in [0.3, 0.4) is 0 Å². The third kappa shape index (κ3) is 6.46. The van der Waals surface area contributed by atoms with Crippen molar-refractivity contribution in [2.45, 2.75) is 32.1 Å². The van der Waals surface area contributed by atoms with Gasteiger partial charge in [0.05, 0.1) is 11.9 Å². The summed E-state index contributed by atoms with van der Waals surface area (Å²) in [6.45, 7) is 5.26. The standard InChI is InChI=1S/C20H29N5O2.2ClH/c26-19(6-1-15-7-8-21-13-15)23-17-4-5-18(22-14-17)24-9-11-25(12-10-24)20(27)16-2-3-16;;/h4-5,14-16,21H,1-3,6-13H2,(H,23,26);2*1H. The Balaban J connectivity index is 0.00000150. The van der Waals surface area contributed by atoms with Crippen molar-refractivity contribution in [3.05, 3.63) is 18.3 Å². The van der Waals surface area contributed by atoms with E-state index in [4.69, 9.17) is 0 Å². The third-order valence-corrected chi connectivity index (χ3v) is 5.82. The second kappa shape index (κ2) is 11.0. The van der Waals surface area contributed by atoms with Crippen LogP contribution in [0.2, 0.25) is 0 Å². The summed E-state index contributed by atoms with van der Waals surface area (Å²) in [6, 6.07) is 3.87. The lowest BCUT2D eigenvalue weighted by atomic mass is 10.0. The summed E-state index contributed by atoms with van der Waals surface area (Å²) in [6.07, 6.45) is 6.52. The number of hydrogen-bond acceptors (Lipinski definition) is 5. The molecule has 0 spiro atoms. The molecule has 1 aromatic rings. The molecule has 1 saturated carbocycles. The number of nitrogens with one attached hydrogen (secondary N) is 2. The molecule has 2 aliphatic heterocycles. The molecule has 162 valence electrons. The molecule has 0 bridgehead atoms. The van der Waals surface area contributed by atoms with E-state index in [1.165, 1.54) is 6.42 Å². The lowest BCUT2D eigenvalue weighted by Gasteiger charge is -2.35. The summed E-state index contributed by atoms with van der Waals surface area (Å²) >= 11 is 0. The van der Waals surface area contributed by atoms with Crippen LogP contribution >= 0.6 is 24.8 Å². The Hall–Kier alpha value is -1.57. The maximum absolute atomic E-state index is 12.1. The van der Waals surface area contributed by atoms with E-state index in [9.17, 15) is 9.59 Å². The zero-order chi connectivity index (χ0) is 18.6. The van der Waals surface area contributed by atoms with Crippen molar-refractivity contribution in [2.24, 2.45) is 11.8 Å². The number of nitrogens with zero attached hydrogens (tertiary/aromatic N) is 3. The summed E-state index contributed by atoms with van der Waals surface area (Å²) in [5, 5.41) is 6.28. The lowest BCUT2D eigenvalue weighted by molar-refractivity contribution is -0.132. The zero-order valence-electron chi connectivity index (χ0n) is 16.6. The van der Waals surface area contributed by atoms with Gasteiger partial charge in [-0.3, -0.25) is 9.59 Å². The minimum atomic E-state index is 0. The van der Waals surface area contributed by atoms with Crippen molar-refractivity contribution < 1.29 is 9.59 Å². The van der Waals surface area contributed by atoms with Gasteiger partial charge in [-0.2, -0.15) is 0 Å². The molecule has 3 fully saturated rings. The van der Waals surface area contributed by atoms with Crippen molar-refractivity contribution in [3.8, 4) is 0 Å². The minimum Gasteiger partial charge on any atom is -0.353 e. The number of amides is 2. The Morgan fingerprint density at radius 2 is 1.86 bits per heavy atom.